The van der Waals surface area contributed by atoms with Gasteiger partial charge in [-0.05, 0) is 12.1 Å². The molecule has 2 N–H and O–H groups in total. The molecule has 1 saturated heterocycles. The number of hydrogen-bond acceptors (Lipinski definition) is 9. The molecule has 0 radical (unpaired) electrons. The van der Waals surface area contributed by atoms with E-state index in [1.807, 2.05) is 5.48 Å². The van der Waals surface area contributed by atoms with Gasteiger partial charge < -0.3 is 18.9 Å². The molecule has 28 heavy (non-hydrogen) atoms. The van der Waals surface area contributed by atoms with Crippen molar-refractivity contribution in [2.45, 2.75) is 45.2 Å². The van der Waals surface area contributed by atoms with Crippen LogP contribution in [0.5, 0.6) is 0 Å². The highest BCUT2D eigenvalue weighted by molar-refractivity contribution is 5.89. The summed E-state index contributed by atoms with van der Waals surface area (Å²) < 4.78 is 21.3. The van der Waals surface area contributed by atoms with Crippen LogP contribution in [-0.2, 0) is 33.3 Å². The average molecular weight is 394 g/mol. The molecule has 10 heteroatoms. The summed E-state index contributed by atoms with van der Waals surface area (Å²) in [6.07, 6.45) is -4.48. The lowest BCUT2D eigenvalue weighted by Crippen LogP contribution is -2.61. The highest BCUT2D eigenvalue weighted by Gasteiger charge is 2.48. The normalized spacial score (nSPS) is 24.8. The maximum atomic E-state index is 11.6. The molecule has 0 saturated carbocycles. The third-order valence-corrected chi connectivity index (χ3v) is 3.74. The van der Waals surface area contributed by atoms with Crippen LogP contribution in [0.1, 0.15) is 20.8 Å². The number of ether oxygens (including phenoxy) is 4. The number of nitrogens with zero attached hydrogens (tertiary/aromatic N) is 1. The molecular weight excluding hydrogens is 372 g/mol. The molecule has 0 aromatic heterocycles. The van der Waals surface area contributed by atoms with Gasteiger partial charge in [-0.25, -0.2) is 4.99 Å². The number of benzene rings is 1. The minimum Gasteiger partial charge on any atom is -0.456 e. The molecule has 0 unspecified atom stereocenters. The first-order chi connectivity index (χ1) is 13.3. The van der Waals surface area contributed by atoms with Crippen LogP contribution in [0.15, 0.2) is 35.3 Å². The Balaban J connectivity index is 2.40. The SMILES string of the molecule is CC(=O)O[C@@H]1[C@@H](OC(C)=O)[C@H](C(=Nc2ccccc2)NO)OC[C@H]1OC(C)=O. The van der Waals surface area contributed by atoms with E-state index in [1.165, 1.54) is 13.8 Å². The Morgan fingerprint density at radius 2 is 1.57 bits per heavy atom. The second kappa shape index (κ2) is 9.81. The minimum absolute atomic E-state index is 0.0733. The van der Waals surface area contributed by atoms with Crippen molar-refractivity contribution in [3.05, 3.63) is 30.3 Å². The van der Waals surface area contributed by atoms with Gasteiger partial charge in [-0.1, -0.05) is 18.2 Å². The van der Waals surface area contributed by atoms with Crippen molar-refractivity contribution in [3.8, 4) is 0 Å². The standard InChI is InChI=1S/C18H22N2O8/c1-10(21)26-14-9-25-17(16(28-12(3)23)15(14)27-11(2)22)18(20-24)19-13-7-5-4-6-8-13/h4-8,14-17,24H,9H2,1-3H3,(H,19,20)/t14-,15+,16-,17-/m1/s1. The minimum atomic E-state index is -1.22. The highest BCUT2D eigenvalue weighted by atomic mass is 16.6. The van der Waals surface area contributed by atoms with Crippen molar-refractivity contribution in [2.75, 3.05) is 6.61 Å². The largest absolute Gasteiger partial charge is 0.456 e. The maximum absolute atomic E-state index is 11.6. The number of hydroxylamine groups is 1. The molecule has 0 bridgehead atoms. The molecule has 4 atom stereocenters. The van der Waals surface area contributed by atoms with E-state index in [2.05, 4.69) is 4.99 Å². The fraction of sp³-hybridized carbons (Fsp3) is 0.444. The smallest absolute Gasteiger partial charge is 0.303 e. The molecule has 152 valence electrons. The zero-order valence-electron chi connectivity index (χ0n) is 15.7. The Morgan fingerprint density at radius 3 is 2.11 bits per heavy atom. The molecule has 0 spiro atoms. The molecule has 2 rings (SSSR count). The van der Waals surface area contributed by atoms with Crippen molar-refractivity contribution in [1.29, 1.82) is 0 Å². The number of carbonyl (C=O) groups is 3. The first kappa shape index (κ1) is 21.3. The molecule has 0 amide bonds. The van der Waals surface area contributed by atoms with E-state index >= 15 is 0 Å². The van der Waals surface area contributed by atoms with Crippen LogP contribution >= 0.6 is 0 Å². The number of nitrogens with one attached hydrogen (secondary N) is 1. The number of rotatable bonds is 5. The molecular formula is C18H22N2O8. The molecule has 1 aliphatic heterocycles. The van der Waals surface area contributed by atoms with E-state index in [0.717, 1.165) is 6.92 Å². The maximum Gasteiger partial charge on any atom is 0.303 e. The van der Waals surface area contributed by atoms with Gasteiger partial charge in [0.25, 0.3) is 0 Å². The van der Waals surface area contributed by atoms with Crippen molar-refractivity contribution >= 4 is 29.4 Å². The van der Waals surface area contributed by atoms with Gasteiger partial charge in [-0.2, -0.15) is 0 Å². The van der Waals surface area contributed by atoms with Gasteiger partial charge in [0.15, 0.2) is 30.3 Å². The molecule has 1 heterocycles. The molecule has 10 nitrogen and oxygen atoms in total. The topological polar surface area (TPSA) is 133 Å². The average Bonchev–Trinajstić information content (AvgIpc) is 2.62. The number of amidine groups is 1. The van der Waals surface area contributed by atoms with E-state index in [4.69, 9.17) is 18.9 Å². The zero-order valence-corrected chi connectivity index (χ0v) is 15.7. The van der Waals surface area contributed by atoms with E-state index < -0.39 is 42.3 Å². The van der Waals surface area contributed by atoms with Gasteiger partial charge in [-0.15, -0.1) is 0 Å². The predicted molar refractivity (Wildman–Crippen MR) is 94.9 cm³/mol. The number of esters is 3. The van der Waals surface area contributed by atoms with Crippen LogP contribution in [-0.4, -0.2) is 60.0 Å². The first-order valence-corrected chi connectivity index (χ1v) is 8.48. The summed E-state index contributed by atoms with van der Waals surface area (Å²) in [5.74, 6) is -2.05. The molecule has 1 fully saturated rings. The predicted octanol–water partition coefficient (Wildman–Crippen LogP) is 0.889. The van der Waals surface area contributed by atoms with E-state index in [0.29, 0.717) is 5.69 Å². The van der Waals surface area contributed by atoms with Gasteiger partial charge in [0, 0.05) is 20.8 Å². The number of hydrogen-bond donors (Lipinski definition) is 2. The summed E-state index contributed by atoms with van der Waals surface area (Å²) in [6, 6.07) is 8.66. The van der Waals surface area contributed by atoms with Gasteiger partial charge in [0.05, 0.1) is 12.3 Å². The lowest BCUT2D eigenvalue weighted by Gasteiger charge is -2.40. The summed E-state index contributed by atoms with van der Waals surface area (Å²) in [5.41, 5.74) is 2.43. The van der Waals surface area contributed by atoms with Crippen molar-refractivity contribution < 1.29 is 38.5 Å². The van der Waals surface area contributed by atoms with Crippen LogP contribution in [0.4, 0.5) is 5.69 Å². The van der Waals surface area contributed by atoms with Gasteiger partial charge in [0.1, 0.15) is 0 Å². The van der Waals surface area contributed by atoms with Crippen LogP contribution in [0, 0.1) is 0 Å². The van der Waals surface area contributed by atoms with E-state index in [9.17, 15) is 19.6 Å². The quantitative estimate of drug-likeness (QED) is 0.245. The fourth-order valence-electron chi connectivity index (χ4n) is 2.77. The number of carbonyl (C=O) groups excluding carboxylic acids is 3. The van der Waals surface area contributed by atoms with E-state index in [-0.39, 0.29) is 12.4 Å². The molecule has 1 aromatic carbocycles. The van der Waals surface area contributed by atoms with Gasteiger partial charge in [-0.3, -0.25) is 25.1 Å². The molecule has 1 aliphatic rings. The second-order valence-electron chi connectivity index (χ2n) is 5.99. The first-order valence-electron chi connectivity index (χ1n) is 8.48. The molecule has 0 aliphatic carbocycles. The van der Waals surface area contributed by atoms with E-state index in [1.54, 1.807) is 30.3 Å². The summed E-state index contributed by atoms with van der Waals surface area (Å²) in [4.78, 5) is 38.8. The van der Waals surface area contributed by atoms with Crippen molar-refractivity contribution in [3.63, 3.8) is 0 Å². The van der Waals surface area contributed by atoms with Crippen molar-refractivity contribution in [2.24, 2.45) is 4.99 Å². The molecule has 1 aromatic rings. The van der Waals surface area contributed by atoms with Crippen LogP contribution < -0.4 is 5.48 Å². The zero-order chi connectivity index (χ0) is 20.7. The summed E-state index contributed by atoms with van der Waals surface area (Å²) >= 11 is 0. The third kappa shape index (κ3) is 5.76. The van der Waals surface area contributed by atoms with Crippen molar-refractivity contribution in [1.82, 2.24) is 5.48 Å². The van der Waals surface area contributed by atoms with Crippen LogP contribution in [0.3, 0.4) is 0 Å². The lowest BCUT2D eigenvalue weighted by molar-refractivity contribution is -0.217. The Hall–Kier alpha value is -2.98. The van der Waals surface area contributed by atoms with Gasteiger partial charge >= 0.3 is 17.9 Å². The van der Waals surface area contributed by atoms with Crippen LogP contribution in [0.25, 0.3) is 0 Å². The Morgan fingerprint density at radius 1 is 1.00 bits per heavy atom. The summed E-state index contributed by atoms with van der Waals surface area (Å²) in [7, 11) is 0. The number of aliphatic imine (C=N–C) groups is 1. The van der Waals surface area contributed by atoms with Crippen LogP contribution in [0.2, 0.25) is 0 Å². The Kier molecular flexibility index (Phi) is 7.47. The Bertz CT molecular complexity index is 736. The number of para-hydroxylation sites is 1. The summed E-state index contributed by atoms with van der Waals surface area (Å²) in [5, 5.41) is 9.58. The lowest BCUT2D eigenvalue weighted by atomic mass is 9.98. The second-order valence-corrected chi connectivity index (χ2v) is 5.99. The fourth-order valence-corrected chi connectivity index (χ4v) is 2.77. The van der Waals surface area contributed by atoms with Gasteiger partial charge in [0.2, 0.25) is 0 Å². The highest BCUT2D eigenvalue weighted by Crippen LogP contribution is 2.26. The summed E-state index contributed by atoms with van der Waals surface area (Å²) in [6.45, 7) is 3.35. The Labute approximate surface area is 161 Å². The third-order valence-electron chi connectivity index (χ3n) is 3.74. The monoisotopic (exact) mass is 394 g/mol.